The van der Waals surface area contributed by atoms with Crippen LogP contribution in [0.5, 0.6) is 0 Å². The molecule has 0 amide bonds. The second kappa shape index (κ2) is 19.6. The van der Waals surface area contributed by atoms with Crippen molar-refractivity contribution in [2.45, 2.75) is 27.7 Å². The molecule has 24 aromatic rings. The first kappa shape index (κ1) is 54.6. The Morgan fingerprint density at radius 1 is 0.120 bits per heavy atom. The summed E-state index contributed by atoms with van der Waals surface area (Å²) in [6, 6.07) is 111. The van der Waals surface area contributed by atoms with Gasteiger partial charge in [0.15, 0.2) is 0 Å². The zero-order chi connectivity index (χ0) is 65.7. The molecule has 0 unspecified atom stereocenters. The third-order valence-corrected chi connectivity index (χ3v) is 24.0. The fraction of sp³-hybridized carbons (Fsp3) is 0.0400. The SMILES string of the molecule is Cc1cc(-c2ccc3ccc4cccc5ccc2c3c45)c2ccc3ccc(-c4ccc5ccc6cccc7ccc4c5c67)c4ccc1c2c34.Cc1ccc2ccc3c(-c4ccc5ccc6c(-c7ccc8ccc9c(C)ccc%10ccc7c8c%109)cc(C)c7ccc4c5c76)ccc4ccc1c2c43. The van der Waals surface area contributed by atoms with Crippen molar-refractivity contribution in [2.24, 2.45) is 0 Å². The second-order valence-corrected chi connectivity index (χ2v) is 29.0. The first-order valence-corrected chi connectivity index (χ1v) is 35.4. The molecule has 0 N–H and O–H groups in total. The Labute approximate surface area is 575 Å². The molecule has 0 heterocycles. The van der Waals surface area contributed by atoms with Gasteiger partial charge in [0.05, 0.1) is 0 Å². The predicted molar refractivity (Wildman–Crippen MR) is 436 cm³/mol. The highest BCUT2D eigenvalue weighted by Gasteiger charge is 2.24. The predicted octanol–water partition coefficient (Wildman–Crippen LogP) is 28.7. The lowest BCUT2D eigenvalue weighted by Gasteiger charge is -2.20. The molecule has 0 bridgehead atoms. The highest BCUT2D eigenvalue weighted by atomic mass is 14.3. The van der Waals surface area contributed by atoms with Gasteiger partial charge in [-0.3, -0.25) is 0 Å². The number of hydrogen-bond acceptors (Lipinski definition) is 0. The van der Waals surface area contributed by atoms with Gasteiger partial charge in [-0.2, -0.15) is 0 Å². The Hall–Kier alpha value is -12.5. The summed E-state index contributed by atoms with van der Waals surface area (Å²) in [5.74, 6) is 0. The molecule has 100 heavy (non-hydrogen) atoms. The normalized spacial score (nSPS) is 12.6. The maximum atomic E-state index is 2.43. The van der Waals surface area contributed by atoms with Gasteiger partial charge in [0.2, 0.25) is 0 Å². The first-order valence-electron chi connectivity index (χ1n) is 35.4. The van der Waals surface area contributed by atoms with E-state index in [0.717, 1.165) is 0 Å². The highest BCUT2D eigenvalue weighted by molar-refractivity contribution is 6.36. The molecule has 0 aliphatic carbocycles. The van der Waals surface area contributed by atoms with Gasteiger partial charge in [0, 0.05) is 0 Å². The molecule has 460 valence electrons. The van der Waals surface area contributed by atoms with Crippen LogP contribution in [0, 0.1) is 27.7 Å². The van der Waals surface area contributed by atoms with E-state index in [-0.39, 0.29) is 0 Å². The van der Waals surface area contributed by atoms with Gasteiger partial charge in [0.1, 0.15) is 0 Å². The van der Waals surface area contributed by atoms with Crippen molar-refractivity contribution in [3.63, 3.8) is 0 Å². The van der Waals surface area contributed by atoms with E-state index in [9.17, 15) is 0 Å². The monoisotopic (exact) mass is 1260 g/mol. The van der Waals surface area contributed by atoms with Crippen LogP contribution in [0.25, 0.3) is 238 Å². The molecule has 0 aromatic heterocycles. The zero-order valence-corrected chi connectivity index (χ0v) is 55.7. The molecule has 0 atom stereocenters. The van der Waals surface area contributed by atoms with Gasteiger partial charge in [0.25, 0.3) is 0 Å². The second-order valence-electron chi connectivity index (χ2n) is 29.0. The van der Waals surface area contributed by atoms with Crippen molar-refractivity contribution < 1.29 is 0 Å². The van der Waals surface area contributed by atoms with Crippen molar-refractivity contribution >= 4 is 194 Å². The van der Waals surface area contributed by atoms with E-state index >= 15 is 0 Å². The summed E-state index contributed by atoms with van der Waals surface area (Å²) in [5.41, 5.74) is 15.7. The van der Waals surface area contributed by atoms with E-state index in [1.54, 1.807) is 0 Å². The zero-order valence-electron chi connectivity index (χ0n) is 55.7. The van der Waals surface area contributed by atoms with Gasteiger partial charge in [-0.1, -0.05) is 291 Å². The Balaban J connectivity index is 0.000000124. The quantitative estimate of drug-likeness (QED) is 0.154. The van der Waals surface area contributed by atoms with Gasteiger partial charge in [-0.05, 0) is 288 Å². The van der Waals surface area contributed by atoms with Crippen LogP contribution in [0.15, 0.2) is 291 Å². The minimum absolute atomic E-state index is 1.29. The van der Waals surface area contributed by atoms with Gasteiger partial charge in [-0.15, -0.1) is 0 Å². The molecule has 0 heteroatoms. The summed E-state index contributed by atoms with van der Waals surface area (Å²) in [7, 11) is 0. The topological polar surface area (TPSA) is 0 Å². The van der Waals surface area contributed by atoms with Gasteiger partial charge in [-0.25, -0.2) is 0 Å². The van der Waals surface area contributed by atoms with Crippen LogP contribution in [-0.4, -0.2) is 0 Å². The highest BCUT2D eigenvalue weighted by Crippen LogP contribution is 2.52. The Morgan fingerprint density at radius 2 is 0.290 bits per heavy atom. The average Bonchev–Trinajstić information content (AvgIpc) is 0.721. The lowest BCUT2D eigenvalue weighted by atomic mass is 9.83. The van der Waals surface area contributed by atoms with Crippen molar-refractivity contribution in [1.82, 2.24) is 0 Å². The Bertz CT molecular complexity index is 7640. The molecule has 0 aliphatic heterocycles. The smallest absolute Gasteiger partial charge is 0.00177 e. The number of benzene rings is 24. The van der Waals surface area contributed by atoms with Crippen molar-refractivity contribution in [1.29, 1.82) is 0 Å². The van der Waals surface area contributed by atoms with E-state index in [1.165, 1.54) is 261 Å². The summed E-state index contributed by atoms with van der Waals surface area (Å²) in [4.78, 5) is 0. The lowest BCUT2D eigenvalue weighted by molar-refractivity contribution is 1.54. The third-order valence-electron chi connectivity index (χ3n) is 24.0. The summed E-state index contributed by atoms with van der Waals surface area (Å²) < 4.78 is 0. The van der Waals surface area contributed by atoms with Crippen LogP contribution in [0.4, 0.5) is 0 Å². The largest absolute Gasteiger partial charge is 0.0610 e. The van der Waals surface area contributed by atoms with Crippen molar-refractivity contribution in [3.8, 4) is 44.5 Å². The molecular weight excluding hydrogens is 1200 g/mol. The van der Waals surface area contributed by atoms with Crippen molar-refractivity contribution in [2.75, 3.05) is 0 Å². The maximum Gasteiger partial charge on any atom is -0.00177 e. The molecule has 0 spiro atoms. The molecular formula is C100H60. The minimum Gasteiger partial charge on any atom is -0.0610 e. The van der Waals surface area contributed by atoms with E-state index in [0.29, 0.717) is 0 Å². The molecule has 24 rings (SSSR count). The lowest BCUT2D eigenvalue weighted by Crippen LogP contribution is -1.94. The van der Waals surface area contributed by atoms with E-state index in [1.807, 2.05) is 0 Å². The average molecular weight is 1260 g/mol. The summed E-state index contributed by atoms with van der Waals surface area (Å²) in [6.45, 7) is 9.04. The number of rotatable bonds is 4. The van der Waals surface area contributed by atoms with Crippen molar-refractivity contribution in [3.05, 3.63) is 313 Å². The molecule has 0 radical (unpaired) electrons. The minimum atomic E-state index is 1.29. The molecule has 0 nitrogen and oxygen atoms in total. The third kappa shape index (κ3) is 7.19. The Morgan fingerprint density at radius 3 is 0.590 bits per heavy atom. The van der Waals surface area contributed by atoms with Crippen LogP contribution >= 0.6 is 0 Å². The van der Waals surface area contributed by atoms with Crippen LogP contribution in [0.3, 0.4) is 0 Å². The van der Waals surface area contributed by atoms with E-state index in [2.05, 4.69) is 319 Å². The van der Waals surface area contributed by atoms with E-state index in [4.69, 9.17) is 0 Å². The Kier molecular flexibility index (Phi) is 10.7. The fourth-order valence-electron chi connectivity index (χ4n) is 19.4. The standard InChI is InChI=1S/C51H32.C49H28/c1-27-4-6-30-13-21-41-38(18-10-32-8-16-35(27)46(30)48(32)41)39-19-11-34-15-23-44-45(26-29(3)37-24-25-43(39)50(34)51(37)44)40-20-12-33-9-17-36-28(2)5-7-31-14-22-42(40)49(33)47(31)36;1-27-26-43(38-20-14-33-11-9-29-5-3-7-31-16-22-40(38)47(33)45(29)31)42-23-17-34-13-19-37(41-25-24-35(27)49(42)48(34)41)36-18-12-32-10-8-28-4-2-6-30-15-21-39(36)46(32)44(28)30/h4-26H,1-3H3;2-26H,1H3. The van der Waals surface area contributed by atoms with E-state index < -0.39 is 0 Å². The molecule has 24 aromatic carbocycles. The van der Waals surface area contributed by atoms with Gasteiger partial charge >= 0.3 is 0 Å². The van der Waals surface area contributed by atoms with Crippen LogP contribution in [0.1, 0.15) is 22.3 Å². The van der Waals surface area contributed by atoms with Crippen LogP contribution < -0.4 is 0 Å². The maximum absolute atomic E-state index is 2.43. The fourth-order valence-corrected chi connectivity index (χ4v) is 19.4. The summed E-state index contributed by atoms with van der Waals surface area (Å²) in [5, 5.41) is 48.0. The molecule has 0 saturated carbocycles. The number of hydrogen-bond donors (Lipinski definition) is 0. The molecule has 0 aliphatic rings. The molecule has 0 fully saturated rings. The summed E-state index contributed by atoms with van der Waals surface area (Å²) in [6.07, 6.45) is 0. The van der Waals surface area contributed by atoms with Crippen LogP contribution in [0.2, 0.25) is 0 Å². The summed E-state index contributed by atoms with van der Waals surface area (Å²) >= 11 is 0. The number of aryl methyl sites for hydroxylation is 4. The first-order chi connectivity index (χ1) is 49.2. The van der Waals surface area contributed by atoms with Crippen LogP contribution in [-0.2, 0) is 0 Å². The molecule has 0 saturated heterocycles. The van der Waals surface area contributed by atoms with Gasteiger partial charge < -0.3 is 0 Å².